The first-order chi connectivity index (χ1) is 11.3. The fourth-order valence-corrected chi connectivity index (χ4v) is 2.89. The van der Waals surface area contributed by atoms with Crippen molar-refractivity contribution in [3.63, 3.8) is 0 Å². The van der Waals surface area contributed by atoms with Crippen LogP contribution in [0, 0.1) is 0 Å². The molecular weight excluding hydrogens is 296 g/mol. The van der Waals surface area contributed by atoms with Gasteiger partial charge in [0.2, 0.25) is 5.88 Å². The summed E-state index contributed by atoms with van der Waals surface area (Å²) in [6, 6.07) is 5.94. The molecule has 23 heavy (non-hydrogen) atoms. The zero-order valence-corrected chi connectivity index (χ0v) is 13.6. The number of morpholine rings is 1. The number of carbonyl (C=O) groups excluding carboxylic acids is 1. The standard InChI is InChI=1S/C16H24N4O3/c1-2-23-15-5-3-4-14(17-15)18-6-8-19(9-7-18)16(21)20-10-12-22-13-11-20/h3-5H,2,6-13H2,1H3. The van der Waals surface area contributed by atoms with Gasteiger partial charge in [0.15, 0.2) is 0 Å². The van der Waals surface area contributed by atoms with Gasteiger partial charge in [-0.3, -0.25) is 0 Å². The SMILES string of the molecule is CCOc1cccc(N2CCN(C(=O)N3CCOCC3)CC2)n1. The third-order valence-electron chi connectivity index (χ3n) is 4.16. The molecular formula is C16H24N4O3. The molecule has 2 aliphatic heterocycles. The second kappa shape index (κ2) is 7.50. The van der Waals surface area contributed by atoms with E-state index in [1.165, 1.54) is 0 Å². The van der Waals surface area contributed by atoms with Crippen molar-refractivity contribution < 1.29 is 14.3 Å². The first-order valence-corrected chi connectivity index (χ1v) is 8.24. The lowest BCUT2D eigenvalue weighted by molar-refractivity contribution is 0.0428. The van der Waals surface area contributed by atoms with E-state index in [0.29, 0.717) is 38.8 Å². The van der Waals surface area contributed by atoms with Crippen molar-refractivity contribution >= 4 is 11.8 Å². The molecule has 0 N–H and O–H groups in total. The Morgan fingerprint density at radius 1 is 1.13 bits per heavy atom. The van der Waals surface area contributed by atoms with E-state index in [1.807, 2.05) is 34.9 Å². The molecule has 0 atom stereocenters. The van der Waals surface area contributed by atoms with E-state index in [1.54, 1.807) is 0 Å². The highest BCUT2D eigenvalue weighted by Gasteiger charge is 2.26. The molecule has 2 amide bonds. The van der Waals surface area contributed by atoms with Gasteiger partial charge < -0.3 is 24.2 Å². The predicted octanol–water partition coefficient (Wildman–Crippen LogP) is 1.05. The van der Waals surface area contributed by atoms with Gasteiger partial charge in [0.25, 0.3) is 0 Å². The number of hydrogen-bond donors (Lipinski definition) is 0. The number of ether oxygens (including phenoxy) is 2. The van der Waals surface area contributed by atoms with Crippen LogP contribution in [-0.2, 0) is 4.74 Å². The van der Waals surface area contributed by atoms with Crippen LogP contribution in [0.5, 0.6) is 5.88 Å². The van der Waals surface area contributed by atoms with Crippen LogP contribution in [0.15, 0.2) is 18.2 Å². The van der Waals surface area contributed by atoms with Gasteiger partial charge in [0.05, 0.1) is 19.8 Å². The predicted molar refractivity (Wildman–Crippen MR) is 87.0 cm³/mol. The number of urea groups is 1. The van der Waals surface area contributed by atoms with Gasteiger partial charge in [0, 0.05) is 45.3 Å². The Labute approximate surface area is 136 Å². The Morgan fingerprint density at radius 3 is 2.52 bits per heavy atom. The van der Waals surface area contributed by atoms with Crippen LogP contribution in [0.25, 0.3) is 0 Å². The highest BCUT2D eigenvalue weighted by atomic mass is 16.5. The lowest BCUT2D eigenvalue weighted by Gasteiger charge is -2.38. The van der Waals surface area contributed by atoms with E-state index >= 15 is 0 Å². The minimum Gasteiger partial charge on any atom is -0.478 e. The van der Waals surface area contributed by atoms with Crippen LogP contribution in [0.3, 0.4) is 0 Å². The number of piperazine rings is 1. The topological polar surface area (TPSA) is 58.1 Å². The van der Waals surface area contributed by atoms with E-state index in [9.17, 15) is 4.79 Å². The highest BCUT2D eigenvalue weighted by molar-refractivity contribution is 5.75. The third-order valence-corrected chi connectivity index (χ3v) is 4.16. The molecule has 0 aliphatic carbocycles. The van der Waals surface area contributed by atoms with Crippen molar-refractivity contribution in [3.8, 4) is 5.88 Å². The molecule has 2 fully saturated rings. The second-order valence-corrected chi connectivity index (χ2v) is 5.62. The lowest BCUT2D eigenvalue weighted by Crippen LogP contribution is -2.55. The van der Waals surface area contributed by atoms with Crippen LogP contribution in [0.4, 0.5) is 10.6 Å². The van der Waals surface area contributed by atoms with Gasteiger partial charge in [-0.2, -0.15) is 4.98 Å². The average molecular weight is 320 g/mol. The highest BCUT2D eigenvalue weighted by Crippen LogP contribution is 2.18. The fraction of sp³-hybridized carbons (Fsp3) is 0.625. The number of amides is 2. The number of hydrogen-bond acceptors (Lipinski definition) is 5. The lowest BCUT2D eigenvalue weighted by atomic mass is 10.3. The molecule has 126 valence electrons. The van der Waals surface area contributed by atoms with Crippen LogP contribution >= 0.6 is 0 Å². The first kappa shape index (κ1) is 15.9. The Hall–Kier alpha value is -2.02. The molecule has 1 aromatic heterocycles. The molecule has 7 heteroatoms. The van der Waals surface area contributed by atoms with Crippen molar-refractivity contribution in [2.45, 2.75) is 6.92 Å². The van der Waals surface area contributed by atoms with Crippen LogP contribution in [0.1, 0.15) is 6.92 Å². The molecule has 1 aromatic rings. The summed E-state index contributed by atoms with van der Waals surface area (Å²) in [7, 11) is 0. The molecule has 3 rings (SSSR count). The van der Waals surface area contributed by atoms with Crippen molar-refractivity contribution in [2.24, 2.45) is 0 Å². The largest absolute Gasteiger partial charge is 0.478 e. The number of rotatable bonds is 3. The molecule has 0 unspecified atom stereocenters. The molecule has 2 saturated heterocycles. The quantitative estimate of drug-likeness (QED) is 0.833. The summed E-state index contributed by atoms with van der Waals surface area (Å²) in [5, 5.41) is 0. The Morgan fingerprint density at radius 2 is 1.83 bits per heavy atom. The smallest absolute Gasteiger partial charge is 0.320 e. The van der Waals surface area contributed by atoms with Crippen molar-refractivity contribution in [1.29, 1.82) is 0 Å². The molecule has 0 aromatic carbocycles. The van der Waals surface area contributed by atoms with Crippen molar-refractivity contribution in [1.82, 2.24) is 14.8 Å². The molecule has 0 saturated carbocycles. The van der Waals surface area contributed by atoms with Crippen LogP contribution in [-0.4, -0.2) is 79.9 Å². The minimum absolute atomic E-state index is 0.129. The first-order valence-electron chi connectivity index (χ1n) is 8.24. The normalized spacial score (nSPS) is 18.9. The van der Waals surface area contributed by atoms with Gasteiger partial charge >= 0.3 is 6.03 Å². The number of carbonyl (C=O) groups is 1. The molecule has 0 radical (unpaired) electrons. The van der Waals surface area contributed by atoms with Gasteiger partial charge in [-0.15, -0.1) is 0 Å². The van der Waals surface area contributed by atoms with Crippen molar-refractivity contribution in [3.05, 3.63) is 18.2 Å². The van der Waals surface area contributed by atoms with Gasteiger partial charge in [-0.1, -0.05) is 6.07 Å². The van der Waals surface area contributed by atoms with E-state index in [0.717, 1.165) is 32.0 Å². The minimum atomic E-state index is 0.129. The van der Waals surface area contributed by atoms with E-state index < -0.39 is 0 Å². The zero-order chi connectivity index (χ0) is 16.1. The Bertz CT molecular complexity index is 526. The van der Waals surface area contributed by atoms with Crippen molar-refractivity contribution in [2.75, 3.05) is 64.0 Å². The van der Waals surface area contributed by atoms with Gasteiger partial charge in [-0.25, -0.2) is 4.79 Å². The van der Waals surface area contributed by atoms with E-state index in [4.69, 9.17) is 9.47 Å². The Balaban J connectivity index is 1.55. The summed E-state index contributed by atoms with van der Waals surface area (Å²) in [4.78, 5) is 23.0. The summed E-state index contributed by atoms with van der Waals surface area (Å²) in [6.45, 7) is 8.24. The summed E-state index contributed by atoms with van der Waals surface area (Å²) >= 11 is 0. The average Bonchev–Trinajstić information content (AvgIpc) is 2.62. The van der Waals surface area contributed by atoms with E-state index in [2.05, 4.69) is 9.88 Å². The number of pyridine rings is 1. The fourth-order valence-electron chi connectivity index (χ4n) is 2.89. The second-order valence-electron chi connectivity index (χ2n) is 5.62. The van der Waals surface area contributed by atoms with E-state index in [-0.39, 0.29) is 6.03 Å². The van der Waals surface area contributed by atoms with Crippen LogP contribution < -0.4 is 9.64 Å². The zero-order valence-electron chi connectivity index (χ0n) is 13.6. The number of nitrogens with zero attached hydrogens (tertiary/aromatic N) is 4. The summed E-state index contributed by atoms with van der Waals surface area (Å²) < 4.78 is 10.8. The molecule has 0 spiro atoms. The third kappa shape index (κ3) is 3.85. The molecule has 2 aliphatic rings. The van der Waals surface area contributed by atoms with Gasteiger partial charge in [0.1, 0.15) is 5.82 Å². The maximum absolute atomic E-state index is 12.5. The summed E-state index contributed by atoms with van der Waals surface area (Å²) in [5.41, 5.74) is 0. The maximum atomic E-state index is 12.5. The molecule has 3 heterocycles. The van der Waals surface area contributed by atoms with Crippen LogP contribution in [0.2, 0.25) is 0 Å². The molecule has 7 nitrogen and oxygen atoms in total. The maximum Gasteiger partial charge on any atom is 0.320 e. The summed E-state index contributed by atoms with van der Waals surface area (Å²) in [6.07, 6.45) is 0. The summed E-state index contributed by atoms with van der Waals surface area (Å²) in [5.74, 6) is 1.56. The Kier molecular flexibility index (Phi) is 5.17. The number of aromatic nitrogens is 1. The van der Waals surface area contributed by atoms with Gasteiger partial charge in [-0.05, 0) is 13.0 Å². The monoisotopic (exact) mass is 320 g/mol. The number of anilines is 1. The molecule has 0 bridgehead atoms.